The van der Waals surface area contributed by atoms with Crippen LogP contribution in [0.3, 0.4) is 0 Å². The van der Waals surface area contributed by atoms with Gasteiger partial charge < -0.3 is 15.2 Å². The van der Waals surface area contributed by atoms with Crippen molar-refractivity contribution in [3.63, 3.8) is 0 Å². The molecule has 0 bridgehead atoms. The topological polar surface area (TPSA) is 51.3 Å². The van der Waals surface area contributed by atoms with Gasteiger partial charge in [0.2, 0.25) is 0 Å². The third-order valence-electron chi connectivity index (χ3n) is 3.73. The second-order valence-electron chi connectivity index (χ2n) is 5.01. The van der Waals surface area contributed by atoms with Gasteiger partial charge in [0, 0.05) is 31.9 Å². The van der Waals surface area contributed by atoms with Gasteiger partial charge >= 0.3 is 0 Å². The van der Waals surface area contributed by atoms with E-state index in [0.717, 1.165) is 19.5 Å². The largest absolute Gasteiger partial charge is 0.342 e. The Hall–Kier alpha value is -1.00. The summed E-state index contributed by atoms with van der Waals surface area (Å²) in [5, 5.41) is 0.606. The molecule has 0 spiro atoms. The number of carbonyl (C=O) groups excluding carboxylic acids is 1. The van der Waals surface area contributed by atoms with Crippen LogP contribution >= 0.6 is 11.6 Å². The van der Waals surface area contributed by atoms with Crippen molar-refractivity contribution < 1.29 is 4.79 Å². The van der Waals surface area contributed by atoms with E-state index in [1.165, 1.54) is 0 Å². The quantitative estimate of drug-likeness (QED) is 0.892. The van der Waals surface area contributed by atoms with Crippen molar-refractivity contribution >= 4 is 17.5 Å². The van der Waals surface area contributed by atoms with Crippen molar-refractivity contribution in [1.82, 2.24) is 9.47 Å². The second kappa shape index (κ2) is 5.33. The highest BCUT2D eigenvalue weighted by atomic mass is 35.5. The van der Waals surface area contributed by atoms with Crippen molar-refractivity contribution in [1.29, 1.82) is 0 Å². The predicted octanol–water partition coefficient (Wildman–Crippen LogP) is 1.97. The number of nitrogens with zero attached hydrogens (tertiary/aromatic N) is 2. The van der Waals surface area contributed by atoms with E-state index in [9.17, 15) is 4.79 Å². The average molecular weight is 270 g/mol. The highest BCUT2D eigenvalue weighted by Gasteiger charge is 2.28. The summed E-state index contributed by atoms with van der Waals surface area (Å²) < 4.78 is 1.88. The van der Waals surface area contributed by atoms with E-state index < -0.39 is 0 Å². The number of aryl methyl sites for hydroxylation is 1. The van der Waals surface area contributed by atoms with E-state index in [4.69, 9.17) is 17.3 Å². The summed E-state index contributed by atoms with van der Waals surface area (Å²) in [5.41, 5.74) is 6.69. The number of amides is 1. The molecule has 4 nitrogen and oxygen atoms in total. The van der Waals surface area contributed by atoms with Gasteiger partial charge in [0.15, 0.2) is 0 Å². The molecule has 0 radical (unpaired) electrons. The van der Waals surface area contributed by atoms with E-state index >= 15 is 0 Å². The number of carbonyl (C=O) groups is 1. The zero-order valence-corrected chi connectivity index (χ0v) is 11.7. The molecule has 5 heteroatoms. The Morgan fingerprint density at radius 3 is 2.94 bits per heavy atom. The maximum absolute atomic E-state index is 12.4. The normalized spacial score (nSPS) is 24.3. The standard InChI is InChI=1S/C13H20ClN3O/c1-3-16-7-10(14)6-12(16)13(18)17-5-4-9(2)11(15)8-17/h6-7,9,11H,3-5,8,15H2,1-2H3. The molecule has 2 rings (SSSR count). The lowest BCUT2D eigenvalue weighted by Crippen LogP contribution is -2.50. The van der Waals surface area contributed by atoms with Gasteiger partial charge in [-0.25, -0.2) is 0 Å². The van der Waals surface area contributed by atoms with Crippen molar-refractivity contribution in [2.45, 2.75) is 32.9 Å². The average Bonchev–Trinajstić information content (AvgIpc) is 2.73. The van der Waals surface area contributed by atoms with Crippen molar-refractivity contribution in [2.24, 2.45) is 11.7 Å². The summed E-state index contributed by atoms with van der Waals surface area (Å²) >= 11 is 5.96. The molecule has 100 valence electrons. The predicted molar refractivity (Wildman–Crippen MR) is 72.8 cm³/mol. The highest BCUT2D eigenvalue weighted by Crippen LogP contribution is 2.20. The van der Waals surface area contributed by atoms with Crippen LogP contribution in [0, 0.1) is 5.92 Å². The molecular formula is C13H20ClN3O. The molecular weight excluding hydrogens is 250 g/mol. The van der Waals surface area contributed by atoms with Crippen LogP contribution in [0.4, 0.5) is 0 Å². The van der Waals surface area contributed by atoms with Gasteiger partial charge in [0.25, 0.3) is 5.91 Å². The highest BCUT2D eigenvalue weighted by molar-refractivity contribution is 6.31. The molecule has 1 aromatic heterocycles. The Labute approximate surface area is 113 Å². The van der Waals surface area contributed by atoms with Gasteiger partial charge in [-0.1, -0.05) is 18.5 Å². The summed E-state index contributed by atoms with van der Waals surface area (Å²) in [7, 11) is 0. The van der Waals surface area contributed by atoms with Crippen LogP contribution in [0.25, 0.3) is 0 Å². The lowest BCUT2D eigenvalue weighted by Gasteiger charge is -2.35. The Balaban J connectivity index is 2.16. The number of halogens is 1. The molecule has 18 heavy (non-hydrogen) atoms. The number of piperidine rings is 1. The first kappa shape index (κ1) is 13.4. The Kier molecular flexibility index (Phi) is 3.97. The van der Waals surface area contributed by atoms with Crippen LogP contribution in [0.2, 0.25) is 5.02 Å². The van der Waals surface area contributed by atoms with E-state index in [1.807, 2.05) is 16.4 Å². The summed E-state index contributed by atoms with van der Waals surface area (Å²) in [6, 6.07) is 1.81. The van der Waals surface area contributed by atoms with Crippen molar-refractivity contribution in [3.05, 3.63) is 23.0 Å². The summed E-state index contributed by atoms with van der Waals surface area (Å²) in [6.07, 6.45) is 2.76. The summed E-state index contributed by atoms with van der Waals surface area (Å²) in [4.78, 5) is 14.3. The molecule has 1 amide bonds. The first-order valence-corrected chi connectivity index (χ1v) is 6.81. The smallest absolute Gasteiger partial charge is 0.270 e. The molecule has 1 fully saturated rings. The molecule has 0 aromatic carbocycles. The third-order valence-corrected chi connectivity index (χ3v) is 3.93. The van der Waals surface area contributed by atoms with Gasteiger partial charge in [0.1, 0.15) is 5.69 Å². The maximum atomic E-state index is 12.4. The molecule has 2 atom stereocenters. The van der Waals surface area contributed by atoms with Crippen molar-refractivity contribution in [2.75, 3.05) is 13.1 Å². The zero-order chi connectivity index (χ0) is 13.3. The lowest BCUT2D eigenvalue weighted by atomic mass is 9.94. The number of hydrogen-bond donors (Lipinski definition) is 1. The van der Waals surface area contributed by atoms with Crippen molar-refractivity contribution in [3.8, 4) is 0 Å². The van der Waals surface area contributed by atoms with Crippen LogP contribution in [0.15, 0.2) is 12.3 Å². The van der Waals surface area contributed by atoms with E-state index in [1.54, 1.807) is 12.3 Å². The molecule has 1 aliphatic rings. The van der Waals surface area contributed by atoms with Gasteiger partial charge in [0.05, 0.1) is 5.02 Å². The number of aromatic nitrogens is 1. The molecule has 2 heterocycles. The Morgan fingerprint density at radius 1 is 1.61 bits per heavy atom. The van der Waals surface area contributed by atoms with Crippen LogP contribution in [0.5, 0.6) is 0 Å². The van der Waals surface area contributed by atoms with Gasteiger partial charge in [-0.2, -0.15) is 0 Å². The number of nitrogens with two attached hydrogens (primary N) is 1. The molecule has 1 saturated heterocycles. The Morgan fingerprint density at radius 2 is 2.33 bits per heavy atom. The van der Waals surface area contributed by atoms with E-state index in [0.29, 0.717) is 23.2 Å². The van der Waals surface area contributed by atoms with Crippen LogP contribution < -0.4 is 5.73 Å². The van der Waals surface area contributed by atoms with Crippen LogP contribution in [-0.2, 0) is 6.54 Å². The molecule has 1 aromatic rings. The third kappa shape index (κ3) is 2.54. The number of rotatable bonds is 2. The molecule has 0 saturated carbocycles. The lowest BCUT2D eigenvalue weighted by molar-refractivity contribution is 0.0661. The monoisotopic (exact) mass is 269 g/mol. The van der Waals surface area contributed by atoms with Crippen LogP contribution in [-0.4, -0.2) is 34.5 Å². The van der Waals surface area contributed by atoms with E-state index in [-0.39, 0.29) is 11.9 Å². The fourth-order valence-electron chi connectivity index (χ4n) is 2.36. The fourth-order valence-corrected chi connectivity index (χ4v) is 2.58. The molecule has 1 aliphatic heterocycles. The number of hydrogen-bond acceptors (Lipinski definition) is 2. The number of likely N-dealkylation sites (tertiary alicyclic amines) is 1. The molecule has 2 unspecified atom stereocenters. The fraction of sp³-hybridized carbons (Fsp3) is 0.615. The Bertz CT molecular complexity index is 443. The molecule has 2 N–H and O–H groups in total. The SMILES string of the molecule is CCn1cc(Cl)cc1C(=O)N1CCC(C)C(N)C1. The minimum Gasteiger partial charge on any atom is -0.342 e. The second-order valence-corrected chi connectivity index (χ2v) is 5.45. The summed E-state index contributed by atoms with van der Waals surface area (Å²) in [5.74, 6) is 0.515. The summed E-state index contributed by atoms with van der Waals surface area (Å²) in [6.45, 7) is 6.28. The minimum absolute atomic E-state index is 0.0334. The zero-order valence-electron chi connectivity index (χ0n) is 10.9. The first-order valence-electron chi connectivity index (χ1n) is 6.43. The van der Waals surface area contributed by atoms with Gasteiger partial charge in [-0.15, -0.1) is 0 Å². The first-order chi connectivity index (χ1) is 8.52. The maximum Gasteiger partial charge on any atom is 0.270 e. The molecule has 0 aliphatic carbocycles. The minimum atomic E-state index is 0.0334. The van der Waals surface area contributed by atoms with E-state index in [2.05, 4.69) is 6.92 Å². The van der Waals surface area contributed by atoms with Gasteiger partial charge in [-0.3, -0.25) is 4.79 Å². The van der Waals surface area contributed by atoms with Gasteiger partial charge in [-0.05, 0) is 25.3 Å². The van der Waals surface area contributed by atoms with Crippen LogP contribution in [0.1, 0.15) is 30.8 Å².